The Bertz CT molecular complexity index is 364. The van der Waals surface area contributed by atoms with E-state index < -0.39 is 11.7 Å². The van der Waals surface area contributed by atoms with Crippen molar-refractivity contribution in [1.82, 2.24) is 5.32 Å². The molecule has 0 bridgehead atoms. The standard InChI is InChI=1S/C17H33NO4/c1-12(2)17(11-19,9-14-8-7-13(3)21-14)10-18-15(20)22-16(4,5)6/h12-14,19H,7-11H2,1-6H3,(H,18,20). The van der Waals surface area contributed by atoms with Crippen molar-refractivity contribution < 1.29 is 19.4 Å². The fourth-order valence-corrected chi connectivity index (χ4v) is 2.87. The monoisotopic (exact) mass is 315 g/mol. The first-order valence-electron chi connectivity index (χ1n) is 8.31. The Balaban J connectivity index is 2.65. The first-order chi connectivity index (χ1) is 10.1. The normalized spacial score (nSPS) is 25.1. The van der Waals surface area contributed by atoms with Gasteiger partial charge in [-0.15, -0.1) is 0 Å². The molecule has 5 heteroatoms. The van der Waals surface area contributed by atoms with E-state index in [1.807, 2.05) is 20.8 Å². The number of aliphatic hydroxyl groups excluding tert-OH is 1. The Kier molecular flexibility index (Phi) is 6.68. The van der Waals surface area contributed by atoms with Crippen LogP contribution in [-0.4, -0.2) is 42.2 Å². The smallest absolute Gasteiger partial charge is 0.407 e. The van der Waals surface area contributed by atoms with Crippen LogP contribution >= 0.6 is 0 Å². The quantitative estimate of drug-likeness (QED) is 0.790. The minimum Gasteiger partial charge on any atom is -0.444 e. The predicted octanol–water partition coefficient (Wildman–Crippen LogP) is 3.10. The number of amides is 1. The Morgan fingerprint density at radius 2 is 2.00 bits per heavy atom. The van der Waals surface area contributed by atoms with Crippen LogP contribution in [0.2, 0.25) is 0 Å². The summed E-state index contributed by atoms with van der Waals surface area (Å²) < 4.78 is 11.2. The molecule has 0 aromatic heterocycles. The maximum absolute atomic E-state index is 11.9. The molecule has 0 radical (unpaired) electrons. The van der Waals surface area contributed by atoms with Gasteiger partial charge in [0.1, 0.15) is 5.60 Å². The number of carbonyl (C=O) groups is 1. The average molecular weight is 315 g/mol. The number of nitrogens with one attached hydrogen (secondary N) is 1. The zero-order chi connectivity index (χ0) is 17.0. The molecule has 3 atom stereocenters. The van der Waals surface area contributed by atoms with E-state index >= 15 is 0 Å². The van der Waals surface area contributed by atoms with Gasteiger partial charge in [0.25, 0.3) is 0 Å². The van der Waals surface area contributed by atoms with Gasteiger partial charge in [0.2, 0.25) is 0 Å². The molecule has 3 unspecified atom stereocenters. The third-order valence-electron chi connectivity index (χ3n) is 4.48. The Morgan fingerprint density at radius 1 is 1.36 bits per heavy atom. The number of carbonyl (C=O) groups excluding carboxylic acids is 1. The summed E-state index contributed by atoms with van der Waals surface area (Å²) in [6.45, 7) is 12.1. The Morgan fingerprint density at radius 3 is 2.41 bits per heavy atom. The van der Waals surface area contributed by atoms with E-state index in [2.05, 4.69) is 26.1 Å². The molecule has 1 fully saturated rings. The molecule has 0 aromatic carbocycles. The first kappa shape index (κ1) is 19.2. The summed E-state index contributed by atoms with van der Waals surface area (Å²) in [6, 6.07) is 0. The summed E-state index contributed by atoms with van der Waals surface area (Å²) in [5.41, 5.74) is -0.903. The molecule has 1 rings (SSSR count). The molecule has 1 heterocycles. The topological polar surface area (TPSA) is 67.8 Å². The molecule has 0 aliphatic carbocycles. The number of alkyl carbamates (subject to hydrolysis) is 1. The fourth-order valence-electron chi connectivity index (χ4n) is 2.87. The van der Waals surface area contributed by atoms with Crippen molar-refractivity contribution >= 4 is 6.09 Å². The first-order valence-corrected chi connectivity index (χ1v) is 8.31. The number of aliphatic hydroxyl groups is 1. The fraction of sp³-hybridized carbons (Fsp3) is 0.941. The third-order valence-corrected chi connectivity index (χ3v) is 4.48. The molecule has 22 heavy (non-hydrogen) atoms. The van der Waals surface area contributed by atoms with Gasteiger partial charge in [-0.3, -0.25) is 0 Å². The number of ether oxygens (including phenoxy) is 2. The van der Waals surface area contributed by atoms with Crippen LogP contribution in [0, 0.1) is 11.3 Å². The second kappa shape index (κ2) is 7.64. The molecule has 1 amide bonds. The van der Waals surface area contributed by atoms with E-state index in [0.717, 1.165) is 19.3 Å². The van der Waals surface area contributed by atoms with Gasteiger partial charge in [0, 0.05) is 12.0 Å². The lowest BCUT2D eigenvalue weighted by molar-refractivity contribution is -0.0175. The summed E-state index contributed by atoms with van der Waals surface area (Å²) in [4.78, 5) is 11.9. The number of rotatable bonds is 6. The van der Waals surface area contributed by atoms with Gasteiger partial charge in [-0.1, -0.05) is 13.8 Å². The van der Waals surface area contributed by atoms with Crippen LogP contribution in [0.4, 0.5) is 4.79 Å². The van der Waals surface area contributed by atoms with Crippen LogP contribution in [-0.2, 0) is 9.47 Å². The van der Waals surface area contributed by atoms with Crippen LogP contribution in [0.15, 0.2) is 0 Å². The van der Waals surface area contributed by atoms with Gasteiger partial charge in [-0.25, -0.2) is 4.79 Å². The van der Waals surface area contributed by atoms with Crippen LogP contribution in [0.25, 0.3) is 0 Å². The SMILES string of the molecule is CC1CCC(CC(CO)(CNC(=O)OC(C)(C)C)C(C)C)O1. The highest BCUT2D eigenvalue weighted by atomic mass is 16.6. The molecule has 0 spiro atoms. The highest BCUT2D eigenvalue weighted by molar-refractivity contribution is 5.67. The molecule has 1 saturated heterocycles. The van der Waals surface area contributed by atoms with E-state index in [1.165, 1.54) is 0 Å². The highest BCUT2D eigenvalue weighted by Gasteiger charge is 2.38. The van der Waals surface area contributed by atoms with Crippen molar-refractivity contribution in [1.29, 1.82) is 0 Å². The molecule has 1 aliphatic heterocycles. The zero-order valence-corrected chi connectivity index (χ0v) is 14.9. The van der Waals surface area contributed by atoms with Gasteiger partial charge in [0.05, 0.1) is 18.8 Å². The summed E-state index contributed by atoms with van der Waals surface area (Å²) in [7, 11) is 0. The maximum Gasteiger partial charge on any atom is 0.407 e. The minimum absolute atomic E-state index is 0.0225. The van der Waals surface area contributed by atoms with Gasteiger partial charge in [0.15, 0.2) is 0 Å². The van der Waals surface area contributed by atoms with E-state index in [1.54, 1.807) is 0 Å². The molecule has 2 N–H and O–H groups in total. The number of hydrogen-bond donors (Lipinski definition) is 2. The lowest BCUT2D eigenvalue weighted by Gasteiger charge is -2.38. The lowest BCUT2D eigenvalue weighted by atomic mass is 9.73. The molecule has 0 saturated carbocycles. The molecule has 0 aromatic rings. The summed E-state index contributed by atoms with van der Waals surface area (Å²) in [6.07, 6.45) is 2.83. The van der Waals surface area contributed by atoms with Crippen molar-refractivity contribution in [2.45, 2.75) is 78.6 Å². The van der Waals surface area contributed by atoms with E-state index in [0.29, 0.717) is 6.54 Å². The van der Waals surface area contributed by atoms with E-state index in [4.69, 9.17) is 9.47 Å². The summed E-state index contributed by atoms with van der Waals surface area (Å²) in [5, 5.41) is 12.8. The molecular weight excluding hydrogens is 282 g/mol. The minimum atomic E-state index is -0.520. The Labute approximate surface area is 134 Å². The van der Waals surface area contributed by atoms with Crippen LogP contribution in [0.1, 0.15) is 60.8 Å². The zero-order valence-electron chi connectivity index (χ0n) is 14.9. The average Bonchev–Trinajstić information content (AvgIpc) is 2.77. The van der Waals surface area contributed by atoms with Gasteiger partial charge >= 0.3 is 6.09 Å². The van der Waals surface area contributed by atoms with Crippen molar-refractivity contribution in [3.8, 4) is 0 Å². The summed E-state index contributed by atoms with van der Waals surface area (Å²) in [5.74, 6) is 0.229. The maximum atomic E-state index is 11.9. The van der Waals surface area contributed by atoms with E-state index in [-0.39, 0.29) is 30.1 Å². The van der Waals surface area contributed by atoms with Crippen molar-refractivity contribution in [2.75, 3.05) is 13.2 Å². The van der Waals surface area contributed by atoms with Gasteiger partial charge in [-0.05, 0) is 52.9 Å². The van der Waals surface area contributed by atoms with Crippen LogP contribution in [0.3, 0.4) is 0 Å². The van der Waals surface area contributed by atoms with Crippen molar-refractivity contribution in [2.24, 2.45) is 11.3 Å². The third kappa shape index (κ3) is 5.76. The second-order valence-electron chi connectivity index (χ2n) is 7.88. The van der Waals surface area contributed by atoms with Crippen LogP contribution in [0.5, 0.6) is 0 Å². The number of hydrogen-bond acceptors (Lipinski definition) is 4. The van der Waals surface area contributed by atoms with Gasteiger partial charge < -0.3 is 19.9 Å². The molecule has 130 valence electrons. The van der Waals surface area contributed by atoms with Crippen molar-refractivity contribution in [3.63, 3.8) is 0 Å². The molecule has 5 nitrogen and oxygen atoms in total. The molecular formula is C17H33NO4. The van der Waals surface area contributed by atoms with Crippen LogP contribution < -0.4 is 5.32 Å². The summed E-state index contributed by atoms with van der Waals surface area (Å²) >= 11 is 0. The van der Waals surface area contributed by atoms with Crippen molar-refractivity contribution in [3.05, 3.63) is 0 Å². The van der Waals surface area contributed by atoms with E-state index in [9.17, 15) is 9.90 Å². The Hall–Kier alpha value is -0.810. The predicted molar refractivity (Wildman–Crippen MR) is 86.8 cm³/mol. The lowest BCUT2D eigenvalue weighted by Crippen LogP contribution is -2.46. The van der Waals surface area contributed by atoms with Gasteiger partial charge in [-0.2, -0.15) is 0 Å². The largest absolute Gasteiger partial charge is 0.444 e. The highest BCUT2D eigenvalue weighted by Crippen LogP contribution is 2.36. The second-order valence-corrected chi connectivity index (χ2v) is 7.88. The molecule has 1 aliphatic rings.